The molecule has 20 heavy (non-hydrogen) atoms. The van der Waals surface area contributed by atoms with Crippen LogP contribution in [0.1, 0.15) is 21.5 Å². The predicted octanol–water partition coefficient (Wildman–Crippen LogP) is 2.79. The molecule has 0 radical (unpaired) electrons. The van der Waals surface area contributed by atoms with Gasteiger partial charge in [-0.25, -0.2) is 8.78 Å². The average Bonchev–Trinajstić information content (AvgIpc) is 2.43. The fraction of sp³-hybridized carbons (Fsp3) is 0.133. The second kappa shape index (κ2) is 5.69. The smallest absolute Gasteiger partial charge is 0.251 e. The molecule has 0 saturated heterocycles. The number of aryl methyl sites for hydroxylation is 1. The Bertz CT molecular complexity index is 656. The number of hydrogen-bond acceptors (Lipinski definition) is 2. The minimum Gasteiger partial charge on any atom is -0.396 e. The van der Waals surface area contributed by atoms with E-state index in [9.17, 15) is 13.6 Å². The van der Waals surface area contributed by atoms with Crippen molar-refractivity contribution >= 4 is 11.6 Å². The van der Waals surface area contributed by atoms with Crippen molar-refractivity contribution in [3.63, 3.8) is 0 Å². The Labute approximate surface area is 115 Å². The summed E-state index contributed by atoms with van der Waals surface area (Å²) in [4.78, 5) is 11.8. The highest BCUT2D eigenvalue weighted by Gasteiger charge is 2.08. The molecule has 2 rings (SSSR count). The van der Waals surface area contributed by atoms with E-state index < -0.39 is 11.7 Å². The van der Waals surface area contributed by atoms with Gasteiger partial charge in [-0.1, -0.05) is 12.1 Å². The van der Waals surface area contributed by atoms with Crippen LogP contribution in [-0.2, 0) is 6.54 Å². The molecule has 2 aromatic carbocycles. The van der Waals surface area contributed by atoms with Crippen molar-refractivity contribution in [2.45, 2.75) is 13.5 Å². The molecule has 0 bridgehead atoms. The lowest BCUT2D eigenvalue weighted by Gasteiger charge is -2.07. The van der Waals surface area contributed by atoms with Gasteiger partial charge in [0.1, 0.15) is 11.6 Å². The summed E-state index contributed by atoms with van der Waals surface area (Å²) in [6.07, 6.45) is 0. The van der Waals surface area contributed by atoms with Crippen molar-refractivity contribution in [3.8, 4) is 0 Å². The fourth-order valence-corrected chi connectivity index (χ4v) is 1.70. The summed E-state index contributed by atoms with van der Waals surface area (Å²) in [5.74, 6) is -1.40. The number of halogens is 2. The number of benzene rings is 2. The van der Waals surface area contributed by atoms with Crippen LogP contribution in [0.25, 0.3) is 0 Å². The molecule has 0 aliphatic rings. The first kappa shape index (κ1) is 14.0. The second-order valence-corrected chi connectivity index (χ2v) is 4.50. The van der Waals surface area contributed by atoms with E-state index in [0.29, 0.717) is 11.1 Å². The van der Waals surface area contributed by atoms with Crippen LogP contribution in [0.2, 0.25) is 0 Å². The normalized spacial score (nSPS) is 10.3. The number of nitrogens with one attached hydrogen (secondary N) is 1. The van der Waals surface area contributed by atoms with Gasteiger partial charge in [0.15, 0.2) is 0 Å². The lowest BCUT2D eigenvalue weighted by molar-refractivity contribution is 0.0950. The summed E-state index contributed by atoms with van der Waals surface area (Å²) in [6, 6.07) is 8.56. The van der Waals surface area contributed by atoms with Crippen molar-refractivity contribution < 1.29 is 13.6 Å². The summed E-state index contributed by atoms with van der Waals surface area (Å²) in [7, 11) is 0. The molecule has 3 N–H and O–H groups in total. The summed E-state index contributed by atoms with van der Waals surface area (Å²) in [6.45, 7) is 1.83. The SMILES string of the molecule is Cc1ccc(CNC(=O)c2ccc(N)c(F)c2)cc1F. The topological polar surface area (TPSA) is 55.1 Å². The Balaban J connectivity index is 2.04. The van der Waals surface area contributed by atoms with Crippen LogP contribution in [0, 0.1) is 18.6 Å². The van der Waals surface area contributed by atoms with Gasteiger partial charge in [0.05, 0.1) is 5.69 Å². The molecule has 0 aliphatic carbocycles. The van der Waals surface area contributed by atoms with Gasteiger partial charge >= 0.3 is 0 Å². The zero-order valence-corrected chi connectivity index (χ0v) is 10.9. The predicted molar refractivity (Wildman–Crippen MR) is 73.1 cm³/mol. The van der Waals surface area contributed by atoms with Crippen LogP contribution >= 0.6 is 0 Å². The molecule has 0 aromatic heterocycles. The van der Waals surface area contributed by atoms with Crippen LogP contribution in [0.15, 0.2) is 36.4 Å². The third kappa shape index (κ3) is 3.12. The van der Waals surface area contributed by atoms with Crippen molar-refractivity contribution in [2.75, 3.05) is 5.73 Å². The van der Waals surface area contributed by atoms with Crippen molar-refractivity contribution in [3.05, 3.63) is 64.7 Å². The summed E-state index contributed by atoms with van der Waals surface area (Å²) in [5.41, 5.74) is 6.67. The molecular weight excluding hydrogens is 262 g/mol. The van der Waals surface area contributed by atoms with Gasteiger partial charge < -0.3 is 11.1 Å². The molecule has 5 heteroatoms. The highest BCUT2D eigenvalue weighted by Crippen LogP contribution is 2.12. The quantitative estimate of drug-likeness (QED) is 0.847. The van der Waals surface area contributed by atoms with Crippen molar-refractivity contribution in [1.82, 2.24) is 5.32 Å². The number of carbonyl (C=O) groups is 1. The molecule has 0 heterocycles. The van der Waals surface area contributed by atoms with Crippen LogP contribution in [0.4, 0.5) is 14.5 Å². The minimum atomic E-state index is -0.640. The average molecular weight is 276 g/mol. The molecule has 0 unspecified atom stereocenters. The third-order valence-electron chi connectivity index (χ3n) is 2.95. The van der Waals surface area contributed by atoms with Gasteiger partial charge in [0.25, 0.3) is 5.91 Å². The second-order valence-electron chi connectivity index (χ2n) is 4.50. The number of hydrogen-bond donors (Lipinski definition) is 2. The van der Waals surface area contributed by atoms with Crippen molar-refractivity contribution in [2.24, 2.45) is 0 Å². The number of amides is 1. The van der Waals surface area contributed by atoms with Crippen LogP contribution in [0.5, 0.6) is 0 Å². The first-order chi connectivity index (χ1) is 9.47. The van der Waals surface area contributed by atoms with Gasteiger partial charge in [0.2, 0.25) is 0 Å². The van der Waals surface area contributed by atoms with Gasteiger partial charge in [-0.3, -0.25) is 4.79 Å². The maximum Gasteiger partial charge on any atom is 0.251 e. The highest BCUT2D eigenvalue weighted by molar-refractivity contribution is 5.94. The Hall–Kier alpha value is -2.43. The van der Waals surface area contributed by atoms with Crippen LogP contribution in [-0.4, -0.2) is 5.91 Å². The van der Waals surface area contributed by atoms with Gasteiger partial charge in [-0.15, -0.1) is 0 Å². The van der Waals surface area contributed by atoms with E-state index in [2.05, 4.69) is 5.32 Å². The number of carbonyl (C=O) groups excluding carboxylic acids is 1. The van der Waals surface area contributed by atoms with Crippen LogP contribution in [0.3, 0.4) is 0 Å². The molecule has 2 aromatic rings. The number of anilines is 1. The Morgan fingerprint density at radius 3 is 2.55 bits per heavy atom. The zero-order valence-electron chi connectivity index (χ0n) is 10.9. The molecule has 3 nitrogen and oxygen atoms in total. The monoisotopic (exact) mass is 276 g/mol. The standard InChI is InChI=1S/C15H14F2N2O/c1-9-2-3-10(6-12(9)16)8-19-15(20)11-4-5-14(18)13(17)7-11/h2-7H,8,18H2,1H3,(H,19,20). The molecule has 0 atom stereocenters. The Morgan fingerprint density at radius 1 is 1.15 bits per heavy atom. The number of nitrogen functional groups attached to an aromatic ring is 1. The molecule has 104 valence electrons. The molecule has 0 fully saturated rings. The minimum absolute atomic E-state index is 0.0119. The van der Waals surface area contributed by atoms with Gasteiger partial charge in [-0.05, 0) is 42.3 Å². The first-order valence-corrected chi connectivity index (χ1v) is 6.05. The molecule has 1 amide bonds. The largest absolute Gasteiger partial charge is 0.396 e. The maximum atomic E-state index is 13.3. The molecule has 0 aliphatic heterocycles. The Kier molecular flexibility index (Phi) is 3.98. The summed E-state index contributed by atoms with van der Waals surface area (Å²) < 4.78 is 26.6. The molecule has 0 spiro atoms. The lowest BCUT2D eigenvalue weighted by atomic mass is 10.1. The Morgan fingerprint density at radius 2 is 1.90 bits per heavy atom. The van der Waals surface area contributed by atoms with E-state index in [0.717, 1.165) is 6.07 Å². The van der Waals surface area contributed by atoms with E-state index in [4.69, 9.17) is 5.73 Å². The van der Waals surface area contributed by atoms with Gasteiger partial charge in [-0.2, -0.15) is 0 Å². The first-order valence-electron chi connectivity index (χ1n) is 6.05. The van der Waals surface area contributed by atoms with E-state index in [-0.39, 0.29) is 23.6 Å². The van der Waals surface area contributed by atoms with E-state index in [1.165, 1.54) is 18.2 Å². The maximum absolute atomic E-state index is 13.3. The zero-order chi connectivity index (χ0) is 14.7. The summed E-state index contributed by atoms with van der Waals surface area (Å²) in [5, 5.41) is 2.60. The van der Waals surface area contributed by atoms with E-state index in [1.807, 2.05) is 0 Å². The van der Waals surface area contributed by atoms with Gasteiger partial charge in [0, 0.05) is 12.1 Å². The third-order valence-corrected chi connectivity index (χ3v) is 2.95. The van der Waals surface area contributed by atoms with Crippen molar-refractivity contribution in [1.29, 1.82) is 0 Å². The van der Waals surface area contributed by atoms with Crippen LogP contribution < -0.4 is 11.1 Å². The fourth-order valence-electron chi connectivity index (χ4n) is 1.70. The molecular formula is C15H14F2N2O. The highest BCUT2D eigenvalue weighted by atomic mass is 19.1. The van der Waals surface area contributed by atoms with E-state index in [1.54, 1.807) is 19.1 Å². The summed E-state index contributed by atoms with van der Waals surface area (Å²) >= 11 is 0. The number of nitrogens with two attached hydrogens (primary N) is 1. The lowest BCUT2D eigenvalue weighted by Crippen LogP contribution is -2.23. The number of rotatable bonds is 3. The van der Waals surface area contributed by atoms with E-state index >= 15 is 0 Å². The molecule has 0 saturated carbocycles.